The van der Waals surface area contributed by atoms with E-state index in [1.54, 1.807) is 24.3 Å². The van der Waals surface area contributed by atoms with E-state index in [0.29, 0.717) is 10.7 Å². The van der Waals surface area contributed by atoms with Crippen molar-refractivity contribution in [3.05, 3.63) is 100 Å². The number of halogens is 1. The molecule has 4 aliphatic rings. The number of carbonyl (C=O) groups excluding carboxylic acids is 2. The van der Waals surface area contributed by atoms with E-state index in [1.807, 2.05) is 24.3 Å². The normalized spacial score (nSPS) is 28.3. The minimum Gasteiger partial charge on any atom is -0.274 e. The van der Waals surface area contributed by atoms with E-state index in [1.165, 1.54) is 27.2 Å². The number of hydrogen-bond acceptors (Lipinski definition) is 2. The van der Waals surface area contributed by atoms with Crippen molar-refractivity contribution in [3.8, 4) is 0 Å². The minimum absolute atomic E-state index is 0.0930. The first kappa shape index (κ1) is 17.9. The Kier molecular flexibility index (Phi) is 3.61. The van der Waals surface area contributed by atoms with Crippen LogP contribution in [0.15, 0.2) is 72.8 Å². The van der Waals surface area contributed by atoms with Crippen LogP contribution in [0.2, 0.25) is 5.02 Å². The predicted octanol–water partition coefficient (Wildman–Crippen LogP) is 5.30. The maximum absolute atomic E-state index is 13.9. The van der Waals surface area contributed by atoms with Gasteiger partial charge in [-0.15, -0.1) is 0 Å². The summed E-state index contributed by atoms with van der Waals surface area (Å²) in [5.41, 5.74) is 4.91. The zero-order valence-electron chi connectivity index (χ0n) is 16.5. The fraction of sp³-hybridized carbons (Fsp3) is 0.231. The molecular formula is C26H20ClNO2. The van der Waals surface area contributed by atoms with Gasteiger partial charge in [0, 0.05) is 16.4 Å². The Labute approximate surface area is 180 Å². The molecular weight excluding hydrogens is 394 g/mol. The van der Waals surface area contributed by atoms with Crippen LogP contribution in [0.4, 0.5) is 5.69 Å². The second-order valence-corrected chi connectivity index (χ2v) is 8.91. The highest BCUT2D eigenvalue weighted by molar-refractivity contribution is 6.31. The van der Waals surface area contributed by atoms with Gasteiger partial charge in [-0.05, 0) is 52.9 Å². The summed E-state index contributed by atoms with van der Waals surface area (Å²) in [5.74, 6) is -1.05. The summed E-state index contributed by atoms with van der Waals surface area (Å²) in [6, 6.07) is 23.7. The number of hydrogen-bond donors (Lipinski definition) is 0. The van der Waals surface area contributed by atoms with Gasteiger partial charge in [0.15, 0.2) is 0 Å². The second-order valence-electron chi connectivity index (χ2n) is 8.47. The van der Waals surface area contributed by atoms with Gasteiger partial charge in [0.1, 0.15) is 0 Å². The number of carbonyl (C=O) groups is 2. The lowest BCUT2D eigenvalue weighted by Gasteiger charge is -2.54. The average molecular weight is 414 g/mol. The molecule has 3 aliphatic carbocycles. The summed E-state index contributed by atoms with van der Waals surface area (Å²) in [5, 5.41) is 0.583. The number of nitrogens with zero attached hydrogens (tertiary/aromatic N) is 1. The molecule has 2 atom stereocenters. The van der Waals surface area contributed by atoms with Crippen molar-refractivity contribution < 1.29 is 9.59 Å². The van der Waals surface area contributed by atoms with E-state index in [4.69, 9.17) is 11.6 Å². The van der Waals surface area contributed by atoms with E-state index >= 15 is 0 Å². The summed E-state index contributed by atoms with van der Waals surface area (Å²) < 4.78 is 0. The van der Waals surface area contributed by atoms with Crippen LogP contribution in [-0.4, -0.2) is 11.8 Å². The molecule has 0 saturated carbocycles. The number of amides is 2. The molecule has 0 aromatic heterocycles. The number of imide groups is 1. The fourth-order valence-electron chi connectivity index (χ4n) is 6.37. The lowest BCUT2D eigenvalue weighted by molar-refractivity contribution is -0.123. The molecule has 0 unspecified atom stereocenters. The van der Waals surface area contributed by atoms with Crippen molar-refractivity contribution in [2.45, 2.75) is 24.7 Å². The Morgan fingerprint density at radius 3 is 1.97 bits per heavy atom. The molecule has 0 N–H and O–H groups in total. The third kappa shape index (κ3) is 1.96. The van der Waals surface area contributed by atoms with Gasteiger partial charge in [-0.2, -0.15) is 0 Å². The first-order chi connectivity index (χ1) is 14.6. The Morgan fingerprint density at radius 2 is 1.40 bits per heavy atom. The molecule has 1 heterocycles. The van der Waals surface area contributed by atoms with Gasteiger partial charge < -0.3 is 0 Å². The molecule has 4 heteroatoms. The Balaban J connectivity index is 1.63. The smallest absolute Gasteiger partial charge is 0.238 e. The van der Waals surface area contributed by atoms with Crippen molar-refractivity contribution in [1.29, 1.82) is 0 Å². The summed E-state index contributed by atoms with van der Waals surface area (Å²) in [6.45, 7) is 2.14. The van der Waals surface area contributed by atoms with Crippen LogP contribution in [0.25, 0.3) is 0 Å². The molecule has 3 aromatic carbocycles. The van der Waals surface area contributed by atoms with E-state index < -0.39 is 5.41 Å². The Bertz CT molecular complexity index is 1170. The Morgan fingerprint density at radius 1 is 0.833 bits per heavy atom. The molecule has 3 aromatic rings. The van der Waals surface area contributed by atoms with Crippen LogP contribution >= 0.6 is 11.6 Å². The lowest BCUT2D eigenvalue weighted by atomic mass is 9.46. The van der Waals surface area contributed by atoms with Crippen molar-refractivity contribution >= 4 is 29.1 Å². The van der Waals surface area contributed by atoms with Gasteiger partial charge in [-0.3, -0.25) is 9.59 Å². The molecule has 7 rings (SSSR count). The zero-order chi connectivity index (χ0) is 20.6. The first-order valence-corrected chi connectivity index (χ1v) is 10.8. The largest absolute Gasteiger partial charge is 0.274 e. The summed E-state index contributed by atoms with van der Waals surface area (Å²) in [4.78, 5) is 29.1. The van der Waals surface area contributed by atoms with Gasteiger partial charge in [-0.25, -0.2) is 4.90 Å². The SMILES string of the molecule is CCC12c3ccccc3C(c3ccccc31)[C@H]1C(=O)N(c3ccc(Cl)cc3)C(=O)[C@@H]12. The number of rotatable bonds is 2. The van der Waals surface area contributed by atoms with Crippen molar-refractivity contribution in [1.82, 2.24) is 0 Å². The summed E-state index contributed by atoms with van der Waals surface area (Å²) in [6.07, 6.45) is 0.766. The highest BCUT2D eigenvalue weighted by Gasteiger charge is 2.67. The van der Waals surface area contributed by atoms with Gasteiger partial charge in [0.05, 0.1) is 17.5 Å². The molecule has 1 fully saturated rings. The van der Waals surface area contributed by atoms with Gasteiger partial charge in [0.25, 0.3) is 0 Å². The lowest BCUT2D eigenvalue weighted by Crippen LogP contribution is -2.53. The summed E-state index contributed by atoms with van der Waals surface area (Å²) in [7, 11) is 0. The molecule has 2 amide bonds. The predicted molar refractivity (Wildman–Crippen MR) is 117 cm³/mol. The van der Waals surface area contributed by atoms with E-state index in [9.17, 15) is 9.59 Å². The number of anilines is 1. The molecule has 30 heavy (non-hydrogen) atoms. The van der Waals surface area contributed by atoms with Crippen LogP contribution in [-0.2, 0) is 15.0 Å². The molecule has 1 aliphatic heterocycles. The molecule has 0 spiro atoms. The minimum atomic E-state index is -0.486. The molecule has 0 radical (unpaired) electrons. The zero-order valence-corrected chi connectivity index (χ0v) is 17.3. The van der Waals surface area contributed by atoms with Gasteiger partial charge >= 0.3 is 0 Å². The highest BCUT2D eigenvalue weighted by atomic mass is 35.5. The van der Waals surface area contributed by atoms with Crippen LogP contribution < -0.4 is 4.90 Å². The van der Waals surface area contributed by atoms with Crippen molar-refractivity contribution in [2.24, 2.45) is 11.8 Å². The maximum atomic E-state index is 13.9. The third-order valence-corrected chi connectivity index (χ3v) is 7.69. The van der Waals surface area contributed by atoms with Gasteiger partial charge in [0.2, 0.25) is 11.8 Å². The first-order valence-electron chi connectivity index (χ1n) is 10.4. The summed E-state index contributed by atoms with van der Waals surface area (Å²) >= 11 is 6.05. The van der Waals surface area contributed by atoms with Crippen molar-refractivity contribution in [3.63, 3.8) is 0 Å². The van der Waals surface area contributed by atoms with E-state index in [2.05, 4.69) is 31.2 Å². The topological polar surface area (TPSA) is 37.4 Å². The van der Waals surface area contributed by atoms with Crippen LogP contribution in [0, 0.1) is 11.8 Å². The van der Waals surface area contributed by atoms with Crippen LogP contribution in [0.3, 0.4) is 0 Å². The van der Waals surface area contributed by atoms with Crippen LogP contribution in [0.5, 0.6) is 0 Å². The second kappa shape index (κ2) is 6.05. The van der Waals surface area contributed by atoms with Crippen LogP contribution in [0.1, 0.15) is 41.5 Å². The molecule has 3 nitrogen and oxygen atoms in total. The van der Waals surface area contributed by atoms with E-state index in [0.717, 1.165) is 6.42 Å². The maximum Gasteiger partial charge on any atom is 0.238 e. The molecule has 2 bridgehead atoms. The number of benzene rings is 3. The fourth-order valence-corrected chi connectivity index (χ4v) is 6.50. The third-order valence-electron chi connectivity index (χ3n) is 7.44. The molecule has 1 saturated heterocycles. The highest BCUT2D eigenvalue weighted by Crippen LogP contribution is 2.65. The quantitative estimate of drug-likeness (QED) is 0.534. The average Bonchev–Trinajstić information content (AvgIpc) is 3.05. The van der Waals surface area contributed by atoms with Gasteiger partial charge in [-0.1, -0.05) is 67.1 Å². The van der Waals surface area contributed by atoms with E-state index in [-0.39, 0.29) is 29.6 Å². The van der Waals surface area contributed by atoms with Crippen molar-refractivity contribution in [2.75, 3.05) is 4.90 Å². The molecule has 148 valence electrons. The standard InChI is InChI=1S/C26H20ClNO2/c1-2-26-19-9-5-3-7-17(19)21(18-8-4-6-10-20(18)26)22-23(26)25(30)28(24(22)29)16-13-11-15(27)12-14-16/h3-14,21-23H,2H2,1H3/t21?,22-,23-,26?/m1/s1. The monoisotopic (exact) mass is 413 g/mol. The Hall–Kier alpha value is -2.91.